The molecule has 0 atom stereocenters. The molecule has 560 valence electrons. The Morgan fingerprint density at radius 3 is 1.15 bits per heavy atom. The summed E-state index contributed by atoms with van der Waals surface area (Å²) >= 11 is 0. The van der Waals surface area contributed by atoms with Gasteiger partial charge in [0.15, 0.2) is 83.7 Å². The lowest BCUT2D eigenvalue weighted by Gasteiger charge is -2.05. The first-order valence-electron chi connectivity index (χ1n) is 39.2. The predicted molar refractivity (Wildman–Crippen MR) is 458 cm³/mol. The number of para-hydroxylation sites is 2. The molecule has 120 heavy (non-hydrogen) atoms. The number of aromatic nitrogens is 12. The van der Waals surface area contributed by atoms with Gasteiger partial charge in [-0.1, -0.05) is 109 Å². The van der Waals surface area contributed by atoms with Gasteiger partial charge in [-0.2, -0.15) is 0 Å². The average Bonchev–Trinajstić information content (AvgIpc) is 1.56. The third kappa shape index (κ3) is 10.0. The molecular weight excluding hydrogens is 1490 g/mol. The lowest BCUT2D eigenvalue weighted by atomic mass is 10.0. The van der Waals surface area contributed by atoms with Gasteiger partial charge in [-0.25, -0.2) is 34.2 Å². The second-order valence-electron chi connectivity index (χ2n) is 31.0. The number of fused-ring (bicyclic) bond motifs is 39. The van der Waals surface area contributed by atoms with E-state index >= 15 is 0 Å². The van der Waals surface area contributed by atoms with Crippen molar-refractivity contribution >= 4 is 171 Å². The molecule has 5 aliphatic heterocycles. The van der Waals surface area contributed by atoms with E-state index in [1.54, 1.807) is 12.4 Å². The molecule has 0 fully saturated rings. The van der Waals surface area contributed by atoms with E-state index in [0.29, 0.717) is 39.9 Å². The zero-order valence-corrected chi connectivity index (χ0v) is 64.2. The highest BCUT2D eigenvalue weighted by Gasteiger charge is 2.37. The van der Waals surface area contributed by atoms with Gasteiger partial charge in [0, 0.05) is 78.7 Å². The molecule has 12 aromatic carbocycles. The van der Waals surface area contributed by atoms with Crippen LogP contribution in [0.2, 0.25) is 0 Å². The van der Waals surface area contributed by atoms with Crippen LogP contribution in [0.15, 0.2) is 286 Å². The van der Waals surface area contributed by atoms with Gasteiger partial charge < -0.3 is 17.7 Å². The minimum Gasteiger partial charge on any atom is -0.456 e. The second kappa shape index (κ2) is 25.5. The largest absolute Gasteiger partial charge is 0.456 e. The molecule has 23 aromatic rings. The highest BCUT2D eigenvalue weighted by molar-refractivity contribution is 6.10. The van der Waals surface area contributed by atoms with E-state index in [1.807, 2.05) is 152 Å². The van der Waals surface area contributed by atoms with E-state index in [2.05, 4.69) is 199 Å². The maximum absolute atomic E-state index is 7.31. The molecular formula is C99H60N17O4+5. The molecule has 0 spiro atoms. The Bertz CT molecular complexity index is 8360. The summed E-state index contributed by atoms with van der Waals surface area (Å²) in [5.74, 6) is 0. The maximum atomic E-state index is 7.31. The van der Waals surface area contributed by atoms with Crippen molar-refractivity contribution in [3.63, 3.8) is 0 Å². The van der Waals surface area contributed by atoms with Crippen LogP contribution in [0.3, 0.4) is 0 Å². The Morgan fingerprint density at radius 2 is 0.658 bits per heavy atom. The number of furan rings is 4. The zero-order valence-electron chi connectivity index (χ0n) is 64.2. The van der Waals surface area contributed by atoms with Crippen molar-refractivity contribution in [2.75, 3.05) is 0 Å². The van der Waals surface area contributed by atoms with Crippen LogP contribution in [0.5, 0.6) is 0 Å². The Labute approximate surface area is 680 Å². The molecule has 0 saturated carbocycles. The SMILES string of the molecule is [C-]#[N+]c1ccc2c[n+]3n(c2c1)-c1c(C)ccc(C)c1C3.[C-]#[N+]c1ccc2c[n+]3n(c2c1)-c1c(ccc2c1oc1ccccc12)C3.[C-]#[N+]c1ccc2c[n+]3n(c2c1)-c1c(ccc2c1oc1ncccc12)C3.[C-]#[N+]c1ccc2c[n+]3n(c2c1)-c1cc2oc4ccccc4c2cc1C3.[C-]#[N+]c1ccc2c[n+]3n(c2c1)-c1cc2oc4ncccc4c2cc1C3. The first kappa shape index (κ1) is 67.4. The highest BCUT2D eigenvalue weighted by atomic mass is 16.3. The van der Waals surface area contributed by atoms with Crippen LogP contribution in [-0.4, -0.2) is 33.4 Å². The topological polar surface area (TPSA) is 144 Å². The first-order valence-corrected chi connectivity index (χ1v) is 39.2. The lowest BCUT2D eigenvalue weighted by molar-refractivity contribution is -0.749. The maximum Gasteiger partial charge on any atom is 0.227 e. The van der Waals surface area contributed by atoms with Gasteiger partial charge in [-0.15, -0.1) is 46.8 Å². The van der Waals surface area contributed by atoms with E-state index in [1.165, 1.54) is 50.0 Å². The molecule has 0 unspecified atom stereocenters. The van der Waals surface area contributed by atoms with Crippen molar-refractivity contribution in [2.45, 2.75) is 46.6 Å². The summed E-state index contributed by atoms with van der Waals surface area (Å²) in [5.41, 5.74) is 29.8. The van der Waals surface area contributed by atoms with Crippen LogP contribution in [0, 0.1) is 46.7 Å². The zero-order chi connectivity index (χ0) is 80.0. The van der Waals surface area contributed by atoms with Crippen LogP contribution >= 0.6 is 0 Å². The Hall–Kier alpha value is -17.1. The summed E-state index contributed by atoms with van der Waals surface area (Å²) in [6.07, 6.45) is 14.2. The van der Waals surface area contributed by atoms with Crippen LogP contribution in [0.4, 0.5) is 28.4 Å². The number of hydrogen-bond acceptors (Lipinski definition) is 6. The normalized spacial score (nSPS) is 12.5. The summed E-state index contributed by atoms with van der Waals surface area (Å²) in [4.78, 5) is 26.5. The molecule has 11 aromatic heterocycles. The van der Waals surface area contributed by atoms with Crippen molar-refractivity contribution in [1.29, 1.82) is 0 Å². The van der Waals surface area contributed by atoms with Crippen molar-refractivity contribution < 1.29 is 41.1 Å². The summed E-state index contributed by atoms with van der Waals surface area (Å²) < 4.78 is 46.3. The summed E-state index contributed by atoms with van der Waals surface area (Å²) in [6, 6.07) is 75.0. The number of pyridine rings is 2. The molecule has 0 radical (unpaired) electrons. The van der Waals surface area contributed by atoms with Gasteiger partial charge in [0.1, 0.15) is 67.0 Å². The number of benzene rings is 12. The fraction of sp³-hybridized carbons (Fsp3) is 0.0707. The molecule has 16 heterocycles. The third-order valence-corrected chi connectivity index (χ3v) is 24.1. The minimum atomic E-state index is 0.640. The summed E-state index contributed by atoms with van der Waals surface area (Å²) in [6.45, 7) is 44.8. The van der Waals surface area contributed by atoms with Gasteiger partial charge >= 0.3 is 0 Å². The van der Waals surface area contributed by atoms with E-state index in [4.69, 9.17) is 50.5 Å². The Morgan fingerprint density at radius 1 is 0.292 bits per heavy atom. The average molecular weight is 1550 g/mol. The van der Waals surface area contributed by atoms with E-state index < -0.39 is 0 Å². The summed E-state index contributed by atoms with van der Waals surface area (Å²) in [7, 11) is 0. The van der Waals surface area contributed by atoms with Gasteiger partial charge in [0.05, 0.1) is 76.5 Å². The van der Waals surface area contributed by atoms with E-state index in [9.17, 15) is 0 Å². The molecule has 21 heteroatoms. The lowest BCUT2D eigenvalue weighted by Crippen LogP contribution is -2.36. The van der Waals surface area contributed by atoms with Crippen molar-refractivity contribution in [3.05, 3.63) is 364 Å². The monoisotopic (exact) mass is 1550 g/mol. The molecule has 0 saturated heterocycles. The first-order chi connectivity index (χ1) is 59.0. The fourth-order valence-corrected chi connectivity index (χ4v) is 18.7. The van der Waals surface area contributed by atoms with Crippen LogP contribution in [0.1, 0.15) is 38.9 Å². The molecule has 0 amide bonds. The smallest absolute Gasteiger partial charge is 0.227 e. The minimum absolute atomic E-state index is 0.640. The van der Waals surface area contributed by atoms with E-state index in [-0.39, 0.29) is 0 Å². The van der Waals surface area contributed by atoms with Gasteiger partial charge in [-0.3, -0.25) is 0 Å². The number of hydrogen-bond donors (Lipinski definition) is 0. The Balaban J connectivity index is 0.0000000854. The van der Waals surface area contributed by atoms with Crippen LogP contribution < -0.4 is 23.4 Å². The van der Waals surface area contributed by atoms with Crippen LogP contribution in [-0.2, 0) is 32.7 Å². The second-order valence-corrected chi connectivity index (χ2v) is 31.0. The van der Waals surface area contributed by atoms with Crippen molar-refractivity contribution in [3.8, 4) is 28.4 Å². The molecule has 28 rings (SSSR count). The van der Waals surface area contributed by atoms with Gasteiger partial charge in [0.25, 0.3) is 0 Å². The highest BCUT2D eigenvalue weighted by Crippen LogP contribution is 2.43. The molecule has 21 nitrogen and oxygen atoms in total. The van der Waals surface area contributed by atoms with Crippen LogP contribution in [0.25, 0.3) is 195 Å². The quantitative estimate of drug-likeness (QED) is 0.109. The van der Waals surface area contributed by atoms with Crippen molar-refractivity contribution in [1.82, 2.24) is 33.4 Å². The number of aryl methyl sites for hydroxylation is 2. The molecule has 5 aliphatic rings. The fourth-order valence-electron chi connectivity index (χ4n) is 18.7. The number of rotatable bonds is 0. The van der Waals surface area contributed by atoms with Gasteiger partial charge in [-0.05, 0) is 128 Å². The molecule has 0 bridgehead atoms. The standard InChI is InChI=1S/2C21H12N3O.2C20H11N4O.C17H14N3/c1-22-15-8-6-13-11-23-12-14-7-9-17-16-4-2-3-5-19(16)25-21(17)20(14)24(23)18(13)10-15;1-22-15-7-6-13-11-23-12-14-8-17-16-4-2-3-5-20(16)25-21(17)10-19(14)24(23)18(13)9-15;1-21-14-6-4-12-10-23-11-13-5-7-15-16-3-2-8-22-20(16)25-19(15)18(13)24(23)17(12)9-14;1-21-14-5-4-12-10-23-11-13-7-16-15-3-2-6-22-20(15)25-19(16)9-18(13)24(23)17(12)8-14;1-11-4-5-12(2)17-15(11)10-19-9-13-6-7-14(18-3)8-16(13)20(17)19/h2*2-11H,12H2;2*2-10H,11H2;4-9H,10H2,1-2H3/q5*+1. The Kier molecular flexibility index (Phi) is 14.3. The molecule has 0 N–H and O–H groups in total. The van der Waals surface area contributed by atoms with E-state index in [0.717, 1.165) is 181 Å². The molecule has 0 aliphatic carbocycles. The van der Waals surface area contributed by atoms with Gasteiger partial charge in [0.2, 0.25) is 42.4 Å². The van der Waals surface area contributed by atoms with Crippen molar-refractivity contribution in [2.24, 2.45) is 0 Å². The number of nitrogens with zero attached hydrogens (tertiary/aromatic N) is 17. The predicted octanol–water partition coefficient (Wildman–Crippen LogP) is 21.2. The third-order valence-electron chi connectivity index (χ3n) is 24.1. The summed E-state index contributed by atoms with van der Waals surface area (Å²) in [5, 5.41) is 14.5.